The lowest BCUT2D eigenvalue weighted by Gasteiger charge is -2.13. The molecule has 3 rings (SSSR count). The van der Waals surface area contributed by atoms with E-state index in [2.05, 4.69) is 22.4 Å². The Labute approximate surface area is 142 Å². The van der Waals surface area contributed by atoms with Gasteiger partial charge in [-0.2, -0.15) is 0 Å². The minimum absolute atomic E-state index is 0.643. The van der Waals surface area contributed by atoms with E-state index in [0.717, 1.165) is 34.3 Å². The Hall–Kier alpha value is -2.59. The molecule has 1 N–H and O–H groups in total. The third kappa shape index (κ3) is 4.24. The average Bonchev–Trinajstić information content (AvgIpc) is 2.64. The summed E-state index contributed by atoms with van der Waals surface area (Å²) in [5.41, 5.74) is 3.15. The van der Waals surface area contributed by atoms with Crippen molar-refractivity contribution in [1.29, 1.82) is 0 Å². The fourth-order valence-corrected chi connectivity index (χ4v) is 2.53. The Morgan fingerprint density at radius 2 is 1.83 bits per heavy atom. The van der Waals surface area contributed by atoms with E-state index in [1.165, 1.54) is 0 Å². The number of aromatic nitrogens is 1. The zero-order valence-electron chi connectivity index (χ0n) is 13.9. The Morgan fingerprint density at radius 3 is 2.75 bits per heavy atom. The van der Waals surface area contributed by atoms with Crippen LogP contribution in [0.1, 0.15) is 12.0 Å². The number of nitrogens with one attached hydrogen (secondary N) is 1. The normalized spacial score (nSPS) is 10.7. The van der Waals surface area contributed by atoms with Crippen LogP contribution in [0, 0.1) is 0 Å². The maximum atomic E-state index is 5.84. The lowest BCUT2D eigenvalue weighted by molar-refractivity contribution is 0.172. The van der Waals surface area contributed by atoms with Gasteiger partial charge in [0.1, 0.15) is 5.75 Å². The van der Waals surface area contributed by atoms with E-state index in [0.29, 0.717) is 19.8 Å². The number of ether oxygens (including phenoxy) is 2. The van der Waals surface area contributed by atoms with Gasteiger partial charge in [0.25, 0.3) is 0 Å². The Kier molecular flexibility index (Phi) is 5.64. The molecule has 124 valence electrons. The molecule has 0 saturated heterocycles. The number of rotatable bonds is 8. The van der Waals surface area contributed by atoms with Crippen molar-refractivity contribution in [3.8, 4) is 5.75 Å². The first-order valence-electron chi connectivity index (χ1n) is 8.15. The topological polar surface area (TPSA) is 43.4 Å². The number of hydrogen-bond donors (Lipinski definition) is 1. The van der Waals surface area contributed by atoms with Crippen LogP contribution in [0.4, 0.5) is 5.69 Å². The summed E-state index contributed by atoms with van der Waals surface area (Å²) in [6.45, 7) is 2.05. The average molecular weight is 322 g/mol. The summed E-state index contributed by atoms with van der Waals surface area (Å²) < 4.78 is 10.9. The molecule has 0 radical (unpaired) electrons. The Morgan fingerprint density at radius 1 is 1.00 bits per heavy atom. The van der Waals surface area contributed by atoms with Crippen molar-refractivity contribution >= 4 is 16.6 Å². The number of hydrogen-bond acceptors (Lipinski definition) is 4. The molecule has 4 heteroatoms. The SMILES string of the molecule is COCCCOc1ccccc1NCc1cnc2ccccc2c1. The third-order valence-electron chi connectivity index (χ3n) is 3.77. The molecular formula is C20H22N2O2. The monoisotopic (exact) mass is 322 g/mol. The molecule has 0 amide bonds. The van der Waals surface area contributed by atoms with Crippen LogP contribution in [0.2, 0.25) is 0 Å². The molecule has 0 fully saturated rings. The second-order valence-electron chi connectivity index (χ2n) is 5.58. The van der Waals surface area contributed by atoms with Crippen LogP contribution >= 0.6 is 0 Å². The second-order valence-corrected chi connectivity index (χ2v) is 5.58. The van der Waals surface area contributed by atoms with Gasteiger partial charge in [0.15, 0.2) is 0 Å². The van der Waals surface area contributed by atoms with Gasteiger partial charge in [0, 0.05) is 38.3 Å². The standard InChI is InChI=1S/C20H22N2O2/c1-23-11-6-12-24-20-10-5-4-9-19(20)22-15-16-13-17-7-2-3-8-18(17)21-14-16/h2-5,7-10,13-14,22H,6,11-12,15H2,1H3. The first kappa shape index (κ1) is 16.3. The lowest BCUT2D eigenvalue weighted by Crippen LogP contribution is -2.05. The molecule has 0 aliphatic carbocycles. The van der Waals surface area contributed by atoms with Crippen molar-refractivity contribution < 1.29 is 9.47 Å². The van der Waals surface area contributed by atoms with Gasteiger partial charge in [0.2, 0.25) is 0 Å². The molecule has 24 heavy (non-hydrogen) atoms. The van der Waals surface area contributed by atoms with Crippen molar-refractivity contribution in [1.82, 2.24) is 4.98 Å². The number of pyridine rings is 1. The molecular weight excluding hydrogens is 300 g/mol. The zero-order chi connectivity index (χ0) is 16.6. The van der Waals surface area contributed by atoms with E-state index in [9.17, 15) is 0 Å². The highest BCUT2D eigenvalue weighted by Gasteiger charge is 2.03. The first-order valence-corrected chi connectivity index (χ1v) is 8.15. The highest BCUT2D eigenvalue weighted by Crippen LogP contribution is 2.24. The van der Waals surface area contributed by atoms with Crippen LogP contribution in [0.5, 0.6) is 5.75 Å². The molecule has 0 unspecified atom stereocenters. The van der Waals surface area contributed by atoms with Crippen molar-refractivity contribution in [2.24, 2.45) is 0 Å². The predicted molar refractivity (Wildman–Crippen MR) is 97.5 cm³/mol. The number of methoxy groups -OCH3 is 1. The maximum absolute atomic E-state index is 5.84. The fraction of sp³-hybridized carbons (Fsp3) is 0.250. The van der Waals surface area contributed by atoms with Crippen molar-refractivity contribution in [3.63, 3.8) is 0 Å². The summed E-state index contributed by atoms with van der Waals surface area (Å²) in [7, 11) is 1.70. The number of anilines is 1. The van der Waals surface area contributed by atoms with Crippen LogP contribution in [0.3, 0.4) is 0 Å². The third-order valence-corrected chi connectivity index (χ3v) is 3.77. The summed E-state index contributed by atoms with van der Waals surface area (Å²) in [4.78, 5) is 4.50. The fourth-order valence-electron chi connectivity index (χ4n) is 2.53. The predicted octanol–water partition coefficient (Wildman–Crippen LogP) is 4.26. The zero-order valence-corrected chi connectivity index (χ0v) is 13.9. The highest BCUT2D eigenvalue weighted by molar-refractivity contribution is 5.78. The molecule has 0 atom stereocenters. The van der Waals surface area contributed by atoms with Crippen LogP contribution in [-0.4, -0.2) is 25.3 Å². The summed E-state index contributed by atoms with van der Waals surface area (Å²) in [6, 6.07) is 18.3. The lowest BCUT2D eigenvalue weighted by atomic mass is 10.1. The van der Waals surface area contributed by atoms with E-state index in [4.69, 9.17) is 9.47 Å². The Bertz CT molecular complexity index is 789. The second kappa shape index (κ2) is 8.31. The van der Waals surface area contributed by atoms with Gasteiger partial charge >= 0.3 is 0 Å². The van der Waals surface area contributed by atoms with Gasteiger partial charge in [-0.1, -0.05) is 30.3 Å². The van der Waals surface area contributed by atoms with E-state index in [-0.39, 0.29) is 0 Å². The molecule has 0 saturated carbocycles. The smallest absolute Gasteiger partial charge is 0.142 e. The van der Waals surface area contributed by atoms with E-state index in [1.54, 1.807) is 7.11 Å². The maximum Gasteiger partial charge on any atom is 0.142 e. The molecule has 0 spiro atoms. The van der Waals surface area contributed by atoms with Gasteiger partial charge in [0.05, 0.1) is 17.8 Å². The summed E-state index contributed by atoms with van der Waals surface area (Å²) in [6.07, 6.45) is 2.79. The summed E-state index contributed by atoms with van der Waals surface area (Å²) in [5, 5.41) is 4.59. The molecule has 1 aromatic heterocycles. The van der Waals surface area contributed by atoms with Crippen molar-refractivity contribution in [3.05, 3.63) is 66.4 Å². The van der Waals surface area contributed by atoms with Crippen LogP contribution in [-0.2, 0) is 11.3 Å². The first-order chi connectivity index (χ1) is 11.9. The molecule has 0 aliphatic heterocycles. The number of benzene rings is 2. The van der Waals surface area contributed by atoms with Crippen LogP contribution < -0.4 is 10.1 Å². The largest absolute Gasteiger partial charge is 0.491 e. The molecule has 1 heterocycles. The molecule has 0 aliphatic rings. The van der Waals surface area contributed by atoms with Crippen LogP contribution in [0.25, 0.3) is 10.9 Å². The molecule has 0 bridgehead atoms. The van der Waals surface area contributed by atoms with Crippen LogP contribution in [0.15, 0.2) is 60.8 Å². The quantitative estimate of drug-likeness (QED) is 0.629. The van der Waals surface area contributed by atoms with Gasteiger partial charge in [-0.3, -0.25) is 4.98 Å². The Balaban J connectivity index is 1.64. The minimum Gasteiger partial charge on any atom is -0.491 e. The van der Waals surface area contributed by atoms with Crippen molar-refractivity contribution in [2.75, 3.05) is 25.6 Å². The van der Waals surface area contributed by atoms with Gasteiger partial charge in [-0.25, -0.2) is 0 Å². The van der Waals surface area contributed by atoms with E-state index >= 15 is 0 Å². The van der Waals surface area contributed by atoms with E-state index in [1.807, 2.05) is 48.7 Å². The van der Waals surface area contributed by atoms with E-state index < -0.39 is 0 Å². The minimum atomic E-state index is 0.643. The molecule has 3 aromatic rings. The van der Waals surface area contributed by atoms with Gasteiger partial charge < -0.3 is 14.8 Å². The number of fused-ring (bicyclic) bond motifs is 1. The number of para-hydroxylation sites is 3. The number of nitrogens with zero attached hydrogens (tertiary/aromatic N) is 1. The molecule has 4 nitrogen and oxygen atoms in total. The van der Waals surface area contributed by atoms with Gasteiger partial charge in [-0.15, -0.1) is 0 Å². The molecule has 2 aromatic carbocycles. The van der Waals surface area contributed by atoms with Gasteiger partial charge in [-0.05, 0) is 29.8 Å². The summed E-state index contributed by atoms with van der Waals surface area (Å²) >= 11 is 0. The van der Waals surface area contributed by atoms with Crippen molar-refractivity contribution in [2.45, 2.75) is 13.0 Å². The summed E-state index contributed by atoms with van der Waals surface area (Å²) in [5.74, 6) is 0.863. The highest BCUT2D eigenvalue weighted by atomic mass is 16.5.